The zero-order chi connectivity index (χ0) is 19.2. The standard InChI is InChI=1S/C26H25I/c1-5-8-21(20-10-7-6-9-17(20)2)18-11-13-22-23-14-12-19(27)16-25(23)26(3,4)24(22)15-18/h5-15,25H,2,16H2,1,3-4H3/b8-5-,21-20+. The van der Waals surface area contributed by atoms with E-state index in [0.29, 0.717) is 5.92 Å². The average molecular weight is 464 g/mol. The molecule has 1 unspecified atom stereocenters. The lowest BCUT2D eigenvalue weighted by atomic mass is 9.74. The summed E-state index contributed by atoms with van der Waals surface area (Å²) in [4.78, 5) is 0. The minimum absolute atomic E-state index is 0.146. The third kappa shape index (κ3) is 3.06. The molecule has 1 atom stereocenters. The van der Waals surface area contributed by atoms with Gasteiger partial charge in [-0.2, -0.15) is 0 Å². The molecule has 136 valence electrons. The van der Waals surface area contributed by atoms with E-state index in [0.717, 1.165) is 11.6 Å². The van der Waals surface area contributed by atoms with Gasteiger partial charge in [0.05, 0.1) is 0 Å². The van der Waals surface area contributed by atoms with E-state index in [2.05, 4.69) is 117 Å². The largest absolute Gasteiger partial charge is 0.0911 e. The zero-order valence-corrected chi connectivity index (χ0v) is 18.4. The number of allylic oxidation sites excluding steroid dienone is 6. The molecule has 0 amide bonds. The molecule has 2 aliphatic rings. The number of halogens is 1. The molecular weight excluding hydrogens is 439 g/mol. The predicted molar refractivity (Wildman–Crippen MR) is 126 cm³/mol. The second kappa shape index (κ2) is 6.94. The van der Waals surface area contributed by atoms with Crippen molar-refractivity contribution in [3.05, 3.63) is 97.5 Å². The zero-order valence-electron chi connectivity index (χ0n) is 16.2. The van der Waals surface area contributed by atoms with Crippen LogP contribution in [0.5, 0.6) is 0 Å². The molecular formula is C26H25I. The lowest BCUT2D eigenvalue weighted by Crippen LogP contribution is -2.26. The molecule has 1 heteroatoms. The van der Waals surface area contributed by atoms with Crippen LogP contribution in [0.2, 0.25) is 0 Å². The van der Waals surface area contributed by atoms with Crippen LogP contribution >= 0.6 is 22.6 Å². The molecule has 0 bridgehead atoms. The number of fused-ring (bicyclic) bond motifs is 3. The van der Waals surface area contributed by atoms with E-state index in [1.807, 2.05) is 0 Å². The van der Waals surface area contributed by atoms with Crippen LogP contribution in [0.15, 0.2) is 70.3 Å². The summed E-state index contributed by atoms with van der Waals surface area (Å²) >= 11 is 2.49. The van der Waals surface area contributed by atoms with Crippen molar-refractivity contribution in [3.63, 3.8) is 0 Å². The lowest BCUT2D eigenvalue weighted by Gasteiger charge is -2.30. The predicted octanol–water partition coefficient (Wildman–Crippen LogP) is 5.89. The molecule has 0 nitrogen and oxygen atoms in total. The summed E-state index contributed by atoms with van der Waals surface area (Å²) in [5.74, 6) is 0.574. The van der Waals surface area contributed by atoms with Crippen molar-refractivity contribution in [2.45, 2.75) is 32.6 Å². The van der Waals surface area contributed by atoms with Gasteiger partial charge in [-0.05, 0) is 95.2 Å². The minimum Gasteiger partial charge on any atom is -0.0911 e. The first-order valence-corrected chi connectivity index (χ1v) is 10.6. The fourth-order valence-corrected chi connectivity index (χ4v) is 5.19. The van der Waals surface area contributed by atoms with E-state index in [-0.39, 0.29) is 5.41 Å². The third-order valence-electron chi connectivity index (χ3n) is 6.07. The highest BCUT2D eigenvalue weighted by Crippen LogP contribution is 2.54. The molecule has 0 aliphatic heterocycles. The number of hydrogen-bond donors (Lipinski definition) is 0. The smallest absolute Gasteiger partial charge is 0.00189 e. The van der Waals surface area contributed by atoms with Crippen molar-refractivity contribution < 1.29 is 0 Å². The second-order valence-electron chi connectivity index (χ2n) is 8.05. The fraction of sp³-hybridized carbons (Fsp3) is 0.231. The molecule has 0 aromatic heterocycles. The van der Waals surface area contributed by atoms with Crippen LogP contribution in [0.3, 0.4) is 0 Å². The Kier molecular flexibility index (Phi) is 4.75. The highest BCUT2D eigenvalue weighted by atomic mass is 127. The van der Waals surface area contributed by atoms with Gasteiger partial charge >= 0.3 is 0 Å². The van der Waals surface area contributed by atoms with Crippen molar-refractivity contribution >= 4 is 40.3 Å². The number of benzene rings is 2. The maximum Gasteiger partial charge on any atom is -0.00189 e. The summed E-state index contributed by atoms with van der Waals surface area (Å²) in [6.45, 7) is 11.1. The van der Waals surface area contributed by atoms with Crippen molar-refractivity contribution in [2.75, 3.05) is 0 Å². The van der Waals surface area contributed by atoms with Crippen LogP contribution in [0.25, 0.3) is 17.7 Å². The normalized spacial score (nSPS) is 21.4. The summed E-state index contributed by atoms with van der Waals surface area (Å²) in [7, 11) is 0. The van der Waals surface area contributed by atoms with Crippen LogP contribution in [0.1, 0.15) is 43.9 Å². The Balaban J connectivity index is 1.95. The van der Waals surface area contributed by atoms with Gasteiger partial charge in [-0.15, -0.1) is 0 Å². The molecule has 2 aromatic carbocycles. The molecule has 0 radical (unpaired) electrons. The van der Waals surface area contributed by atoms with E-state index < -0.39 is 0 Å². The molecule has 0 heterocycles. The van der Waals surface area contributed by atoms with Crippen molar-refractivity contribution in [1.82, 2.24) is 0 Å². The van der Waals surface area contributed by atoms with E-state index in [4.69, 9.17) is 0 Å². The van der Waals surface area contributed by atoms with Crippen LogP contribution in [-0.4, -0.2) is 0 Å². The van der Waals surface area contributed by atoms with E-state index in [9.17, 15) is 0 Å². The van der Waals surface area contributed by atoms with Crippen LogP contribution < -0.4 is 10.4 Å². The van der Waals surface area contributed by atoms with Gasteiger partial charge in [-0.1, -0.05) is 81.1 Å². The molecule has 0 fully saturated rings. The van der Waals surface area contributed by atoms with E-state index in [1.54, 1.807) is 0 Å². The van der Waals surface area contributed by atoms with Gasteiger partial charge < -0.3 is 0 Å². The van der Waals surface area contributed by atoms with Crippen LogP contribution in [-0.2, 0) is 5.41 Å². The highest BCUT2D eigenvalue weighted by Gasteiger charge is 2.43. The fourth-order valence-electron chi connectivity index (χ4n) is 4.57. The molecule has 0 saturated heterocycles. The number of rotatable bonds is 2. The Labute approximate surface area is 175 Å². The molecule has 4 rings (SSSR count). The van der Waals surface area contributed by atoms with Gasteiger partial charge in [0.15, 0.2) is 0 Å². The first-order valence-electron chi connectivity index (χ1n) is 9.56. The Morgan fingerprint density at radius 2 is 1.93 bits per heavy atom. The van der Waals surface area contributed by atoms with Gasteiger partial charge in [0.25, 0.3) is 0 Å². The average Bonchev–Trinajstić information content (AvgIpc) is 2.87. The SMILES string of the molecule is C=c1cccc/c1=C(/C=C\C)c1ccc2c(c1)C(C)(C)C1CC(I)=CC=C21. The van der Waals surface area contributed by atoms with Gasteiger partial charge in [0.2, 0.25) is 0 Å². The number of hydrogen-bond acceptors (Lipinski definition) is 0. The summed E-state index contributed by atoms with van der Waals surface area (Å²) in [6.07, 6.45) is 10.1. The Morgan fingerprint density at radius 3 is 2.67 bits per heavy atom. The van der Waals surface area contributed by atoms with Gasteiger partial charge in [-0.25, -0.2) is 0 Å². The summed E-state index contributed by atoms with van der Waals surface area (Å²) < 4.78 is 1.45. The quantitative estimate of drug-likeness (QED) is 0.487. The van der Waals surface area contributed by atoms with Crippen molar-refractivity contribution in [3.8, 4) is 0 Å². The lowest BCUT2D eigenvalue weighted by molar-refractivity contribution is 0.414. The topological polar surface area (TPSA) is 0 Å². The highest BCUT2D eigenvalue weighted by molar-refractivity contribution is 14.1. The summed E-state index contributed by atoms with van der Waals surface area (Å²) in [6, 6.07) is 15.4. The first-order chi connectivity index (χ1) is 12.9. The van der Waals surface area contributed by atoms with Crippen LogP contribution in [0.4, 0.5) is 0 Å². The third-order valence-corrected chi connectivity index (χ3v) is 6.87. The second-order valence-corrected chi connectivity index (χ2v) is 9.43. The Morgan fingerprint density at radius 1 is 1.15 bits per heavy atom. The molecule has 0 saturated carbocycles. The van der Waals surface area contributed by atoms with E-state index in [1.165, 1.54) is 36.6 Å². The van der Waals surface area contributed by atoms with E-state index >= 15 is 0 Å². The summed E-state index contributed by atoms with van der Waals surface area (Å²) in [5, 5.41) is 2.28. The molecule has 0 N–H and O–H groups in total. The van der Waals surface area contributed by atoms with Crippen LogP contribution in [0, 0.1) is 5.92 Å². The van der Waals surface area contributed by atoms with Gasteiger partial charge in [0.1, 0.15) is 0 Å². The van der Waals surface area contributed by atoms with Gasteiger partial charge in [0, 0.05) is 0 Å². The monoisotopic (exact) mass is 464 g/mol. The molecule has 2 aromatic rings. The Bertz CT molecular complexity index is 1110. The Hall–Kier alpha value is -1.87. The molecule has 27 heavy (non-hydrogen) atoms. The first kappa shape index (κ1) is 18.5. The maximum atomic E-state index is 4.25. The van der Waals surface area contributed by atoms with Gasteiger partial charge in [-0.3, -0.25) is 0 Å². The van der Waals surface area contributed by atoms with Crippen molar-refractivity contribution in [1.29, 1.82) is 0 Å². The maximum absolute atomic E-state index is 4.25. The minimum atomic E-state index is 0.146. The molecule has 0 spiro atoms. The molecule has 2 aliphatic carbocycles. The van der Waals surface area contributed by atoms with Crippen molar-refractivity contribution in [2.24, 2.45) is 5.92 Å². The summed E-state index contributed by atoms with van der Waals surface area (Å²) in [5.41, 5.74) is 7.08.